The zero-order valence-electron chi connectivity index (χ0n) is 12.0. The lowest BCUT2D eigenvalue weighted by atomic mass is 10.2. The highest BCUT2D eigenvalue weighted by atomic mass is 32.2. The van der Waals surface area contributed by atoms with Gasteiger partial charge in [0.05, 0.1) is 10.4 Å². The average Bonchev–Trinajstić information content (AvgIpc) is 2.66. The average molecular weight is 287 g/mol. The fourth-order valence-corrected chi connectivity index (χ4v) is 1.82. The van der Waals surface area contributed by atoms with Crippen molar-refractivity contribution in [3.63, 3.8) is 0 Å². The Balaban J connectivity index is 2.82. The van der Waals surface area contributed by atoms with Gasteiger partial charge in [0.15, 0.2) is 9.84 Å². The summed E-state index contributed by atoms with van der Waals surface area (Å²) >= 11 is 0. The van der Waals surface area contributed by atoms with Crippen LogP contribution < -0.4 is 5.32 Å². The second-order valence-electron chi connectivity index (χ2n) is 5.20. The summed E-state index contributed by atoms with van der Waals surface area (Å²) < 4.78 is 23.7. The quantitative estimate of drug-likeness (QED) is 0.867. The lowest BCUT2D eigenvalue weighted by Crippen LogP contribution is -2.44. The van der Waals surface area contributed by atoms with Crippen molar-refractivity contribution in [2.75, 3.05) is 12.8 Å². The lowest BCUT2D eigenvalue weighted by molar-refractivity contribution is 0.0940. The second kappa shape index (κ2) is 5.32. The maximum absolute atomic E-state index is 12.0. The second-order valence-corrected chi connectivity index (χ2v) is 7.85. The van der Waals surface area contributed by atoms with Crippen LogP contribution in [-0.2, 0) is 16.4 Å². The third-order valence-electron chi connectivity index (χ3n) is 3.11. The van der Waals surface area contributed by atoms with Gasteiger partial charge < -0.3 is 5.32 Å². The number of hydrogen-bond acceptors (Lipinski definition) is 4. The van der Waals surface area contributed by atoms with Gasteiger partial charge in [-0.05, 0) is 33.8 Å². The minimum atomic E-state index is -3.23. The van der Waals surface area contributed by atoms with Gasteiger partial charge in [-0.2, -0.15) is 5.10 Å². The summed E-state index contributed by atoms with van der Waals surface area (Å²) in [5, 5.41) is 6.84. The minimum absolute atomic E-state index is 0.0681. The Hall–Kier alpha value is -1.37. The molecule has 1 amide bonds. The summed E-state index contributed by atoms with van der Waals surface area (Å²) in [6.07, 6.45) is 1.17. The van der Waals surface area contributed by atoms with E-state index in [1.165, 1.54) is 6.26 Å². The topological polar surface area (TPSA) is 81.1 Å². The molecule has 0 aliphatic heterocycles. The Morgan fingerprint density at radius 3 is 2.53 bits per heavy atom. The minimum Gasteiger partial charge on any atom is -0.349 e. The molecule has 0 saturated carbocycles. The number of amides is 1. The third-order valence-corrected chi connectivity index (χ3v) is 5.26. The third kappa shape index (κ3) is 3.56. The number of hydrogen-bond donors (Lipinski definition) is 1. The molecule has 0 spiro atoms. The van der Waals surface area contributed by atoms with E-state index in [-0.39, 0.29) is 12.5 Å². The van der Waals surface area contributed by atoms with Crippen LogP contribution in [0.5, 0.6) is 0 Å². The van der Waals surface area contributed by atoms with E-state index in [1.54, 1.807) is 24.6 Å². The molecule has 0 unspecified atom stereocenters. The number of rotatable bonds is 5. The van der Waals surface area contributed by atoms with Crippen LogP contribution in [0, 0.1) is 6.92 Å². The Kier molecular flexibility index (Phi) is 4.39. The molecule has 108 valence electrons. The molecule has 0 fully saturated rings. The van der Waals surface area contributed by atoms with Gasteiger partial charge in [0.2, 0.25) is 0 Å². The molecule has 0 radical (unpaired) electrons. The predicted molar refractivity (Wildman–Crippen MR) is 73.9 cm³/mol. The van der Waals surface area contributed by atoms with Gasteiger partial charge in [-0.25, -0.2) is 8.42 Å². The van der Waals surface area contributed by atoms with Crippen LogP contribution in [0.15, 0.2) is 6.07 Å². The molecular formula is C12H21N3O3S. The zero-order chi connectivity index (χ0) is 14.8. The van der Waals surface area contributed by atoms with E-state index in [0.29, 0.717) is 12.2 Å². The summed E-state index contributed by atoms with van der Waals surface area (Å²) in [6.45, 7) is 7.54. The summed E-state index contributed by atoms with van der Waals surface area (Å²) in [5.41, 5.74) is 1.21. The van der Waals surface area contributed by atoms with Crippen molar-refractivity contribution in [2.45, 2.75) is 39.0 Å². The molecule has 0 bridgehead atoms. The number of nitrogens with zero attached hydrogens (tertiary/aromatic N) is 2. The van der Waals surface area contributed by atoms with Gasteiger partial charge in [0, 0.05) is 19.3 Å². The van der Waals surface area contributed by atoms with Crippen molar-refractivity contribution in [2.24, 2.45) is 0 Å². The highest BCUT2D eigenvalue weighted by molar-refractivity contribution is 7.92. The van der Waals surface area contributed by atoms with Crippen molar-refractivity contribution in [1.82, 2.24) is 15.1 Å². The first kappa shape index (κ1) is 15.7. The molecule has 0 aliphatic rings. The van der Waals surface area contributed by atoms with E-state index in [9.17, 15) is 13.2 Å². The Labute approximate surface area is 114 Å². The van der Waals surface area contributed by atoms with Gasteiger partial charge >= 0.3 is 0 Å². The Morgan fingerprint density at radius 2 is 2.05 bits per heavy atom. The normalized spacial score (nSPS) is 12.5. The number of sulfone groups is 1. The van der Waals surface area contributed by atoms with Gasteiger partial charge in [-0.1, -0.05) is 0 Å². The van der Waals surface area contributed by atoms with E-state index in [1.807, 2.05) is 13.8 Å². The number of aryl methyl sites for hydroxylation is 2. The summed E-state index contributed by atoms with van der Waals surface area (Å²) in [6, 6.07) is 1.69. The van der Waals surface area contributed by atoms with Crippen LogP contribution >= 0.6 is 0 Å². The molecule has 1 heterocycles. The van der Waals surface area contributed by atoms with E-state index < -0.39 is 14.6 Å². The first-order valence-corrected chi connectivity index (χ1v) is 8.00. The van der Waals surface area contributed by atoms with Gasteiger partial charge in [0.1, 0.15) is 5.69 Å². The van der Waals surface area contributed by atoms with Gasteiger partial charge in [-0.3, -0.25) is 9.48 Å². The molecule has 0 atom stereocenters. The molecule has 1 rings (SSSR count). The number of nitrogens with one attached hydrogen (secondary N) is 1. The van der Waals surface area contributed by atoms with Crippen molar-refractivity contribution in [3.8, 4) is 0 Å². The molecule has 1 aromatic rings. The first-order chi connectivity index (χ1) is 8.58. The van der Waals surface area contributed by atoms with Crippen molar-refractivity contribution < 1.29 is 13.2 Å². The maximum Gasteiger partial charge on any atom is 0.269 e. The smallest absolute Gasteiger partial charge is 0.269 e. The summed E-state index contributed by atoms with van der Waals surface area (Å²) in [5.74, 6) is -0.306. The van der Waals surface area contributed by atoms with E-state index in [2.05, 4.69) is 10.4 Å². The highest BCUT2D eigenvalue weighted by Gasteiger charge is 2.31. The molecule has 7 heteroatoms. The summed E-state index contributed by atoms with van der Waals surface area (Å²) in [7, 11) is -3.23. The number of carbonyl (C=O) groups excluding carboxylic acids is 1. The fraction of sp³-hybridized carbons (Fsp3) is 0.667. The van der Waals surface area contributed by atoms with Crippen molar-refractivity contribution in [3.05, 3.63) is 17.5 Å². The molecular weight excluding hydrogens is 266 g/mol. The Morgan fingerprint density at radius 1 is 1.47 bits per heavy atom. The van der Waals surface area contributed by atoms with Crippen LogP contribution in [0.1, 0.15) is 37.0 Å². The van der Waals surface area contributed by atoms with Crippen LogP contribution in [-0.4, -0.2) is 41.7 Å². The van der Waals surface area contributed by atoms with Crippen molar-refractivity contribution >= 4 is 15.7 Å². The highest BCUT2D eigenvalue weighted by Crippen LogP contribution is 2.14. The fourth-order valence-electron chi connectivity index (χ4n) is 1.48. The van der Waals surface area contributed by atoms with E-state index in [4.69, 9.17) is 0 Å². The van der Waals surface area contributed by atoms with Gasteiger partial charge in [-0.15, -0.1) is 0 Å². The number of carbonyl (C=O) groups is 1. The van der Waals surface area contributed by atoms with Crippen molar-refractivity contribution in [1.29, 1.82) is 0 Å². The molecule has 0 saturated heterocycles. The lowest BCUT2D eigenvalue weighted by Gasteiger charge is -2.22. The summed E-state index contributed by atoms with van der Waals surface area (Å²) in [4.78, 5) is 12.0. The molecule has 0 aromatic carbocycles. The maximum atomic E-state index is 12.0. The van der Waals surface area contributed by atoms with E-state index >= 15 is 0 Å². The SMILES string of the molecule is CCn1nc(C)cc1C(=O)NCC(C)(C)S(C)(=O)=O. The van der Waals surface area contributed by atoms with Crippen LogP contribution in [0.25, 0.3) is 0 Å². The molecule has 19 heavy (non-hydrogen) atoms. The van der Waals surface area contributed by atoms with Crippen LogP contribution in [0.4, 0.5) is 0 Å². The van der Waals surface area contributed by atoms with Gasteiger partial charge in [0.25, 0.3) is 5.91 Å². The number of aromatic nitrogens is 2. The molecule has 1 aromatic heterocycles. The first-order valence-electron chi connectivity index (χ1n) is 6.10. The molecule has 0 aliphatic carbocycles. The zero-order valence-corrected chi connectivity index (χ0v) is 12.8. The van der Waals surface area contributed by atoms with Crippen LogP contribution in [0.3, 0.4) is 0 Å². The molecule has 6 nitrogen and oxygen atoms in total. The molecule has 1 N–H and O–H groups in total. The van der Waals surface area contributed by atoms with E-state index in [0.717, 1.165) is 5.69 Å². The largest absolute Gasteiger partial charge is 0.349 e. The monoisotopic (exact) mass is 287 g/mol. The Bertz CT molecular complexity index is 573. The predicted octanol–water partition coefficient (Wildman–Crippen LogP) is 0.764. The standard InChI is InChI=1S/C12H21N3O3S/c1-6-15-10(7-9(2)14-15)11(16)13-8-12(3,4)19(5,17)18/h7H,6,8H2,1-5H3,(H,13,16). The van der Waals surface area contributed by atoms with Crippen LogP contribution in [0.2, 0.25) is 0 Å².